The van der Waals surface area contributed by atoms with E-state index in [1.807, 2.05) is 0 Å². The molecule has 1 amide bonds. The zero-order valence-corrected chi connectivity index (χ0v) is 12.0. The van der Waals surface area contributed by atoms with Crippen LogP contribution in [-0.4, -0.2) is 29.8 Å². The van der Waals surface area contributed by atoms with Crippen molar-refractivity contribution in [1.82, 2.24) is 4.90 Å². The van der Waals surface area contributed by atoms with Gasteiger partial charge in [0, 0.05) is 25.4 Å². The molecular formula is C14H26ClNO. The topological polar surface area (TPSA) is 20.3 Å². The molecule has 1 unspecified atom stereocenters. The predicted molar refractivity (Wildman–Crippen MR) is 73.3 cm³/mol. The van der Waals surface area contributed by atoms with Gasteiger partial charge in [0.1, 0.15) is 0 Å². The van der Waals surface area contributed by atoms with Crippen LogP contribution in [0.2, 0.25) is 0 Å². The summed E-state index contributed by atoms with van der Waals surface area (Å²) in [5.41, 5.74) is 0. The van der Waals surface area contributed by atoms with Crippen LogP contribution in [0.15, 0.2) is 0 Å². The molecule has 0 N–H and O–H groups in total. The molecule has 1 saturated heterocycles. The van der Waals surface area contributed by atoms with Crippen LogP contribution in [0.4, 0.5) is 0 Å². The lowest BCUT2D eigenvalue weighted by atomic mass is 9.89. The molecule has 1 aliphatic heterocycles. The quantitative estimate of drug-likeness (QED) is 0.545. The van der Waals surface area contributed by atoms with Gasteiger partial charge in [0.05, 0.1) is 0 Å². The first-order chi connectivity index (χ1) is 8.15. The molecule has 0 aliphatic carbocycles. The summed E-state index contributed by atoms with van der Waals surface area (Å²) in [6, 6.07) is 0. The minimum Gasteiger partial charge on any atom is -0.343 e. The van der Waals surface area contributed by atoms with E-state index in [0.717, 1.165) is 37.8 Å². The normalized spacial score (nSPS) is 21.6. The van der Waals surface area contributed by atoms with Gasteiger partial charge in [0.25, 0.3) is 0 Å². The zero-order valence-electron chi connectivity index (χ0n) is 11.3. The number of halogens is 1. The molecule has 1 heterocycles. The number of carbonyl (C=O) groups is 1. The van der Waals surface area contributed by atoms with E-state index in [2.05, 4.69) is 18.7 Å². The number of carbonyl (C=O) groups excluding carboxylic acids is 1. The van der Waals surface area contributed by atoms with Crippen molar-refractivity contribution in [2.45, 2.75) is 52.4 Å². The third-order valence-electron chi connectivity index (χ3n) is 3.84. The Hall–Kier alpha value is -0.240. The molecule has 0 aromatic carbocycles. The third-order valence-corrected chi connectivity index (χ3v) is 4.11. The minimum absolute atomic E-state index is 0.333. The molecule has 100 valence electrons. The first-order valence-electron chi connectivity index (χ1n) is 6.99. The first-order valence-corrected chi connectivity index (χ1v) is 7.52. The molecule has 1 atom stereocenters. The fourth-order valence-corrected chi connectivity index (χ4v) is 2.76. The van der Waals surface area contributed by atoms with E-state index in [0.29, 0.717) is 18.2 Å². The zero-order chi connectivity index (χ0) is 12.7. The van der Waals surface area contributed by atoms with E-state index >= 15 is 0 Å². The van der Waals surface area contributed by atoms with Gasteiger partial charge in [-0.1, -0.05) is 13.8 Å². The van der Waals surface area contributed by atoms with Crippen molar-refractivity contribution in [3.8, 4) is 0 Å². The molecule has 0 radical (unpaired) electrons. The number of hydrogen-bond acceptors (Lipinski definition) is 1. The highest BCUT2D eigenvalue weighted by Crippen LogP contribution is 2.24. The molecule has 0 saturated carbocycles. The van der Waals surface area contributed by atoms with E-state index < -0.39 is 0 Å². The second-order valence-corrected chi connectivity index (χ2v) is 5.84. The highest BCUT2D eigenvalue weighted by molar-refractivity contribution is 6.17. The average molecular weight is 260 g/mol. The molecule has 0 spiro atoms. The van der Waals surface area contributed by atoms with Crippen LogP contribution in [0.1, 0.15) is 52.4 Å². The number of amides is 1. The molecule has 0 aromatic rings. The van der Waals surface area contributed by atoms with Gasteiger partial charge in [0.15, 0.2) is 0 Å². The lowest BCUT2D eigenvalue weighted by molar-refractivity contribution is -0.131. The van der Waals surface area contributed by atoms with Crippen LogP contribution < -0.4 is 0 Å². The van der Waals surface area contributed by atoms with Crippen molar-refractivity contribution in [1.29, 1.82) is 0 Å². The minimum atomic E-state index is 0.333. The Morgan fingerprint density at radius 2 is 2.06 bits per heavy atom. The molecule has 1 aliphatic rings. The fourth-order valence-electron chi connectivity index (χ4n) is 2.57. The Balaban J connectivity index is 2.32. The molecule has 3 heteroatoms. The second-order valence-electron chi connectivity index (χ2n) is 5.46. The van der Waals surface area contributed by atoms with Gasteiger partial charge in [-0.3, -0.25) is 4.79 Å². The van der Waals surface area contributed by atoms with E-state index in [1.54, 1.807) is 0 Å². The Kier molecular flexibility index (Phi) is 6.94. The van der Waals surface area contributed by atoms with Crippen LogP contribution in [0, 0.1) is 11.8 Å². The number of nitrogens with zero attached hydrogens (tertiary/aromatic N) is 1. The van der Waals surface area contributed by atoms with Crippen molar-refractivity contribution in [2.75, 3.05) is 19.0 Å². The first kappa shape index (κ1) is 14.8. The maximum Gasteiger partial charge on any atom is 0.222 e. The van der Waals surface area contributed by atoms with Crippen molar-refractivity contribution in [3.05, 3.63) is 0 Å². The molecule has 17 heavy (non-hydrogen) atoms. The number of rotatable bonds is 5. The maximum absolute atomic E-state index is 12.0. The van der Waals surface area contributed by atoms with Crippen LogP contribution in [0.5, 0.6) is 0 Å². The average Bonchev–Trinajstić information content (AvgIpc) is 2.54. The Labute approximate surface area is 111 Å². The summed E-state index contributed by atoms with van der Waals surface area (Å²) in [4.78, 5) is 14.1. The Morgan fingerprint density at radius 1 is 1.29 bits per heavy atom. The van der Waals surface area contributed by atoms with Crippen LogP contribution in [0.3, 0.4) is 0 Å². The molecule has 1 rings (SSSR count). The van der Waals surface area contributed by atoms with Gasteiger partial charge in [0.2, 0.25) is 5.91 Å². The summed E-state index contributed by atoms with van der Waals surface area (Å²) in [5, 5.41) is 0. The number of alkyl halides is 1. The van der Waals surface area contributed by atoms with Crippen molar-refractivity contribution in [3.63, 3.8) is 0 Å². The summed E-state index contributed by atoms with van der Waals surface area (Å²) in [6.45, 7) is 6.51. The lowest BCUT2D eigenvalue weighted by Gasteiger charge is -2.21. The third kappa shape index (κ3) is 5.29. The lowest BCUT2D eigenvalue weighted by Crippen LogP contribution is -2.31. The van der Waals surface area contributed by atoms with E-state index in [-0.39, 0.29) is 0 Å². The van der Waals surface area contributed by atoms with Gasteiger partial charge in [-0.2, -0.15) is 0 Å². The summed E-state index contributed by atoms with van der Waals surface area (Å²) in [6.07, 6.45) is 6.20. The summed E-state index contributed by atoms with van der Waals surface area (Å²) in [7, 11) is 0. The highest BCUT2D eigenvalue weighted by Gasteiger charge is 2.21. The van der Waals surface area contributed by atoms with Crippen molar-refractivity contribution >= 4 is 17.5 Å². The van der Waals surface area contributed by atoms with Crippen LogP contribution >= 0.6 is 11.6 Å². The monoisotopic (exact) mass is 259 g/mol. The molecule has 0 bridgehead atoms. The van der Waals surface area contributed by atoms with Gasteiger partial charge < -0.3 is 4.90 Å². The maximum atomic E-state index is 12.0. The van der Waals surface area contributed by atoms with E-state index in [1.165, 1.54) is 19.3 Å². The SMILES string of the molecule is CC(C)C1CCCN(C(=O)CCCCCl)CC1. The van der Waals surface area contributed by atoms with Crippen molar-refractivity contribution < 1.29 is 4.79 Å². The Bertz CT molecular complexity index is 230. The number of likely N-dealkylation sites (tertiary alicyclic amines) is 1. The Morgan fingerprint density at radius 3 is 2.71 bits per heavy atom. The van der Waals surface area contributed by atoms with Gasteiger partial charge in [-0.25, -0.2) is 0 Å². The smallest absolute Gasteiger partial charge is 0.222 e. The summed E-state index contributed by atoms with van der Waals surface area (Å²) >= 11 is 5.63. The predicted octanol–water partition coefficient (Wildman–Crippen LogP) is 3.68. The standard InChI is InChI=1S/C14H26ClNO/c1-12(2)13-6-5-10-16(11-8-13)14(17)7-3-4-9-15/h12-13H,3-11H2,1-2H3. The number of unbranched alkanes of at least 4 members (excludes halogenated alkanes) is 1. The van der Waals surface area contributed by atoms with Crippen LogP contribution in [0.25, 0.3) is 0 Å². The molecule has 1 fully saturated rings. The largest absolute Gasteiger partial charge is 0.343 e. The second kappa shape index (κ2) is 7.97. The van der Waals surface area contributed by atoms with Gasteiger partial charge >= 0.3 is 0 Å². The van der Waals surface area contributed by atoms with E-state index in [9.17, 15) is 4.79 Å². The highest BCUT2D eigenvalue weighted by atomic mass is 35.5. The summed E-state index contributed by atoms with van der Waals surface area (Å²) in [5.74, 6) is 2.55. The fraction of sp³-hybridized carbons (Fsp3) is 0.929. The summed E-state index contributed by atoms with van der Waals surface area (Å²) < 4.78 is 0. The number of hydrogen-bond donors (Lipinski definition) is 0. The van der Waals surface area contributed by atoms with Crippen molar-refractivity contribution in [2.24, 2.45) is 11.8 Å². The molecule has 2 nitrogen and oxygen atoms in total. The van der Waals surface area contributed by atoms with Gasteiger partial charge in [-0.15, -0.1) is 11.6 Å². The van der Waals surface area contributed by atoms with Gasteiger partial charge in [-0.05, 0) is 43.9 Å². The van der Waals surface area contributed by atoms with Crippen LogP contribution in [-0.2, 0) is 4.79 Å². The molecular weight excluding hydrogens is 234 g/mol. The molecule has 0 aromatic heterocycles. The van der Waals surface area contributed by atoms with E-state index in [4.69, 9.17) is 11.6 Å².